The Hall–Kier alpha value is -2.07. The van der Waals surface area contributed by atoms with Gasteiger partial charge in [0.15, 0.2) is 12.3 Å². The number of hydrogen-bond acceptors (Lipinski definition) is 5. The minimum Gasteiger partial charge on any atom is -0.480 e. The molecule has 112 valence electrons. The van der Waals surface area contributed by atoms with Crippen LogP contribution in [0.25, 0.3) is 0 Å². The topological polar surface area (TPSA) is 82.6 Å². The molecular formula is C15H19N3O3. The summed E-state index contributed by atoms with van der Waals surface area (Å²) >= 11 is 0. The van der Waals surface area contributed by atoms with Crippen molar-refractivity contribution in [3.63, 3.8) is 0 Å². The van der Waals surface area contributed by atoms with Crippen molar-refractivity contribution in [1.29, 1.82) is 0 Å². The number of benzene rings is 1. The number of carboxylic acid groups (broad SMARTS) is 1. The number of rotatable bonds is 4. The molecule has 6 heteroatoms. The molecule has 0 aromatic heterocycles. The third-order valence-corrected chi connectivity index (χ3v) is 2.85. The maximum absolute atomic E-state index is 11.0. The zero-order chi connectivity index (χ0) is 15.2. The van der Waals surface area contributed by atoms with Gasteiger partial charge >= 0.3 is 5.97 Å². The first kappa shape index (κ1) is 15.3. The minimum absolute atomic E-state index is 0.535. The molecule has 1 heterocycles. The molecule has 2 rings (SSSR count). The number of carboxylic acids is 1. The zero-order valence-electron chi connectivity index (χ0n) is 12.0. The summed E-state index contributed by atoms with van der Waals surface area (Å²) in [6, 6.07) is 6.44. The van der Waals surface area contributed by atoms with Crippen molar-refractivity contribution in [2.75, 3.05) is 0 Å². The van der Waals surface area contributed by atoms with Crippen LogP contribution in [0.3, 0.4) is 0 Å². The fraction of sp³-hybridized carbons (Fsp3) is 0.400. The molecular weight excluding hydrogens is 270 g/mol. The molecule has 21 heavy (non-hydrogen) atoms. The van der Waals surface area contributed by atoms with Gasteiger partial charge in [0, 0.05) is 12.0 Å². The Kier molecular flexibility index (Phi) is 5.17. The van der Waals surface area contributed by atoms with E-state index < -0.39 is 18.2 Å². The van der Waals surface area contributed by atoms with Crippen LogP contribution in [-0.2, 0) is 4.79 Å². The molecule has 2 atom stereocenters. The van der Waals surface area contributed by atoms with Crippen LogP contribution in [0, 0.1) is 17.8 Å². The summed E-state index contributed by atoms with van der Waals surface area (Å²) in [4.78, 5) is 11.0. The summed E-state index contributed by atoms with van der Waals surface area (Å²) in [5.41, 5.74) is 8.69. The van der Waals surface area contributed by atoms with Gasteiger partial charge in [-0.3, -0.25) is 4.79 Å². The molecule has 0 saturated carbocycles. The van der Waals surface area contributed by atoms with Gasteiger partial charge in [0.2, 0.25) is 0 Å². The van der Waals surface area contributed by atoms with Gasteiger partial charge in [-0.15, -0.1) is 0 Å². The molecule has 0 aliphatic carbocycles. The molecule has 0 amide bonds. The van der Waals surface area contributed by atoms with E-state index >= 15 is 0 Å². The fourth-order valence-corrected chi connectivity index (χ4v) is 1.79. The Bertz CT molecular complexity index is 563. The van der Waals surface area contributed by atoms with E-state index in [-0.39, 0.29) is 0 Å². The molecule has 1 saturated heterocycles. The van der Waals surface area contributed by atoms with Crippen LogP contribution in [-0.4, -0.2) is 23.3 Å². The maximum atomic E-state index is 11.0. The van der Waals surface area contributed by atoms with Crippen molar-refractivity contribution in [3.05, 3.63) is 29.8 Å². The van der Waals surface area contributed by atoms with Crippen molar-refractivity contribution >= 4 is 5.97 Å². The van der Waals surface area contributed by atoms with E-state index in [0.29, 0.717) is 11.7 Å². The van der Waals surface area contributed by atoms with Crippen LogP contribution in [0.5, 0.6) is 5.75 Å². The normalized spacial score (nSPS) is 20.9. The van der Waals surface area contributed by atoms with Gasteiger partial charge in [-0.2, -0.15) is 5.53 Å². The van der Waals surface area contributed by atoms with Gasteiger partial charge in [-0.05, 0) is 24.1 Å². The fourth-order valence-electron chi connectivity index (χ4n) is 1.79. The molecule has 2 unspecified atom stereocenters. The quantitative estimate of drug-likeness (QED) is 0.615. The molecule has 0 radical (unpaired) electrons. The lowest BCUT2D eigenvalue weighted by Gasteiger charge is -2.16. The van der Waals surface area contributed by atoms with Gasteiger partial charge in [0.05, 0.1) is 0 Å². The zero-order valence-corrected chi connectivity index (χ0v) is 12.0. The Morgan fingerprint density at radius 3 is 2.95 bits per heavy atom. The second-order valence-corrected chi connectivity index (χ2v) is 5.20. The first-order chi connectivity index (χ1) is 10.1. The van der Waals surface area contributed by atoms with Crippen molar-refractivity contribution in [2.45, 2.75) is 32.5 Å². The average molecular weight is 289 g/mol. The van der Waals surface area contributed by atoms with Gasteiger partial charge in [-0.1, -0.05) is 31.8 Å². The van der Waals surface area contributed by atoms with Crippen molar-refractivity contribution in [2.24, 2.45) is 5.92 Å². The molecule has 1 aliphatic rings. The van der Waals surface area contributed by atoms with Gasteiger partial charge in [-0.25, -0.2) is 10.9 Å². The number of ether oxygens (including phenoxy) is 1. The van der Waals surface area contributed by atoms with Crippen LogP contribution in [0.1, 0.15) is 25.8 Å². The van der Waals surface area contributed by atoms with E-state index in [0.717, 1.165) is 12.0 Å². The van der Waals surface area contributed by atoms with Crippen LogP contribution >= 0.6 is 0 Å². The highest BCUT2D eigenvalue weighted by molar-refractivity contribution is 5.74. The van der Waals surface area contributed by atoms with Crippen molar-refractivity contribution < 1.29 is 14.6 Å². The standard InChI is InChI=1S/C15H19N3O3/c1-10(2)5-3-6-11-7-4-8-12(9-11)21-14-13(15(19)20)16-18-17-14/h4,7-10,13-14,16-18H,5H2,1-2H3,(H,19,20). The summed E-state index contributed by atoms with van der Waals surface area (Å²) < 4.78 is 5.63. The molecule has 1 aromatic rings. The lowest BCUT2D eigenvalue weighted by atomic mass is 10.1. The second kappa shape index (κ2) is 7.09. The number of carbonyl (C=O) groups is 1. The summed E-state index contributed by atoms with van der Waals surface area (Å²) in [6.45, 7) is 4.23. The van der Waals surface area contributed by atoms with Gasteiger partial charge < -0.3 is 9.84 Å². The maximum Gasteiger partial charge on any atom is 0.327 e. The van der Waals surface area contributed by atoms with E-state index in [4.69, 9.17) is 9.84 Å². The van der Waals surface area contributed by atoms with Crippen LogP contribution < -0.4 is 21.1 Å². The van der Waals surface area contributed by atoms with Gasteiger partial charge in [0.25, 0.3) is 0 Å². The largest absolute Gasteiger partial charge is 0.480 e. The lowest BCUT2D eigenvalue weighted by molar-refractivity contribution is -0.141. The average Bonchev–Trinajstić information content (AvgIpc) is 2.87. The summed E-state index contributed by atoms with van der Waals surface area (Å²) in [5.74, 6) is 6.30. The SMILES string of the molecule is CC(C)CC#Cc1cccc(OC2NNNC2C(=O)O)c1. The Morgan fingerprint density at radius 1 is 1.43 bits per heavy atom. The van der Waals surface area contributed by atoms with E-state index in [1.54, 1.807) is 12.1 Å². The predicted molar refractivity (Wildman–Crippen MR) is 78.0 cm³/mol. The molecule has 1 aliphatic heterocycles. The predicted octanol–water partition coefficient (Wildman–Crippen LogP) is 0.855. The van der Waals surface area contributed by atoms with E-state index in [9.17, 15) is 4.79 Å². The number of nitrogens with one attached hydrogen (secondary N) is 3. The number of aliphatic carboxylic acids is 1. The lowest BCUT2D eigenvalue weighted by Crippen LogP contribution is -2.44. The molecule has 4 N–H and O–H groups in total. The van der Waals surface area contributed by atoms with E-state index in [1.807, 2.05) is 12.1 Å². The highest BCUT2D eigenvalue weighted by Gasteiger charge is 2.34. The molecule has 1 fully saturated rings. The first-order valence-electron chi connectivity index (χ1n) is 6.80. The third kappa shape index (κ3) is 4.46. The number of hydrazine groups is 2. The highest BCUT2D eigenvalue weighted by atomic mass is 16.5. The van der Waals surface area contributed by atoms with Crippen LogP contribution in [0.4, 0.5) is 0 Å². The van der Waals surface area contributed by atoms with E-state index in [2.05, 4.69) is 42.1 Å². The molecule has 1 aromatic carbocycles. The van der Waals surface area contributed by atoms with Crippen LogP contribution in [0.2, 0.25) is 0 Å². The second-order valence-electron chi connectivity index (χ2n) is 5.20. The highest BCUT2D eigenvalue weighted by Crippen LogP contribution is 2.15. The smallest absolute Gasteiger partial charge is 0.327 e. The van der Waals surface area contributed by atoms with Crippen molar-refractivity contribution in [1.82, 2.24) is 16.4 Å². The summed E-state index contributed by atoms with van der Waals surface area (Å²) in [6.07, 6.45) is 0.144. The van der Waals surface area contributed by atoms with E-state index in [1.165, 1.54) is 0 Å². The minimum atomic E-state index is -0.995. The number of hydrogen-bond donors (Lipinski definition) is 4. The Labute approximate surface area is 123 Å². The molecule has 0 spiro atoms. The third-order valence-electron chi connectivity index (χ3n) is 2.85. The molecule has 6 nitrogen and oxygen atoms in total. The van der Waals surface area contributed by atoms with Crippen molar-refractivity contribution in [3.8, 4) is 17.6 Å². The van der Waals surface area contributed by atoms with Gasteiger partial charge in [0.1, 0.15) is 5.75 Å². The monoisotopic (exact) mass is 289 g/mol. The Balaban J connectivity index is 2.03. The summed E-state index contributed by atoms with van der Waals surface area (Å²) in [5, 5.41) is 9.04. The Morgan fingerprint density at radius 2 is 2.24 bits per heavy atom. The first-order valence-corrected chi connectivity index (χ1v) is 6.80. The van der Waals surface area contributed by atoms with Crippen LogP contribution in [0.15, 0.2) is 24.3 Å². The summed E-state index contributed by atoms with van der Waals surface area (Å²) in [7, 11) is 0. The molecule has 0 bridgehead atoms.